The van der Waals surface area contributed by atoms with E-state index < -0.39 is 0 Å². The molecule has 0 atom stereocenters. The normalized spacial score (nSPS) is 16.4. The first-order valence-electron chi connectivity index (χ1n) is 10.4. The van der Waals surface area contributed by atoms with Crippen LogP contribution in [0.3, 0.4) is 0 Å². The minimum atomic E-state index is -0.0250. The minimum Gasteiger partial charge on any atom is -0.508 e. The first-order chi connectivity index (χ1) is 12.7. The van der Waals surface area contributed by atoms with Gasteiger partial charge in [0, 0.05) is 5.41 Å². The van der Waals surface area contributed by atoms with Gasteiger partial charge in [-0.05, 0) is 84.0 Å². The predicted molar refractivity (Wildman–Crippen MR) is 113 cm³/mol. The summed E-state index contributed by atoms with van der Waals surface area (Å²) in [5, 5.41) is 20.9. The highest BCUT2D eigenvalue weighted by Crippen LogP contribution is 2.51. The summed E-state index contributed by atoms with van der Waals surface area (Å²) in [7, 11) is 0. The van der Waals surface area contributed by atoms with Gasteiger partial charge in [0.2, 0.25) is 0 Å². The Hall–Kier alpha value is -1.96. The van der Waals surface area contributed by atoms with Gasteiger partial charge >= 0.3 is 0 Å². The molecular weight excluding hydrogens is 332 g/mol. The minimum absolute atomic E-state index is 0.0250. The summed E-state index contributed by atoms with van der Waals surface area (Å²) >= 11 is 0. The molecule has 2 aromatic carbocycles. The lowest BCUT2D eigenvalue weighted by atomic mass is 9.69. The summed E-state index contributed by atoms with van der Waals surface area (Å²) in [6.07, 6.45) is 4.68. The van der Waals surface area contributed by atoms with Crippen molar-refractivity contribution in [2.75, 3.05) is 0 Å². The van der Waals surface area contributed by atoms with Crippen LogP contribution in [0.1, 0.15) is 98.6 Å². The molecule has 1 fully saturated rings. The van der Waals surface area contributed by atoms with E-state index in [2.05, 4.69) is 53.7 Å². The fourth-order valence-electron chi connectivity index (χ4n) is 5.04. The first-order valence-corrected chi connectivity index (χ1v) is 10.4. The summed E-state index contributed by atoms with van der Waals surface area (Å²) in [4.78, 5) is 0. The standard InChI is InChI=1S/C25H34O2/c1-15(2)19-13-21(17(5)11-23(19)26)25(9-7-8-10-25)22-14-20(16(3)4)24(27)12-18(22)6/h11-16,26-27H,7-10H2,1-6H3. The summed E-state index contributed by atoms with van der Waals surface area (Å²) in [5.74, 6) is 1.39. The fourth-order valence-corrected chi connectivity index (χ4v) is 5.04. The first kappa shape index (κ1) is 19.8. The zero-order valence-corrected chi connectivity index (χ0v) is 17.7. The van der Waals surface area contributed by atoms with Gasteiger partial charge in [0.25, 0.3) is 0 Å². The van der Waals surface area contributed by atoms with Gasteiger partial charge in [0.05, 0.1) is 0 Å². The molecule has 146 valence electrons. The quantitative estimate of drug-likeness (QED) is 0.623. The third-order valence-electron chi connectivity index (χ3n) is 6.48. The lowest BCUT2D eigenvalue weighted by Gasteiger charge is -2.35. The van der Waals surface area contributed by atoms with Crippen LogP contribution >= 0.6 is 0 Å². The van der Waals surface area contributed by atoms with Gasteiger partial charge in [0.1, 0.15) is 11.5 Å². The molecule has 2 aromatic rings. The van der Waals surface area contributed by atoms with E-state index in [4.69, 9.17) is 0 Å². The van der Waals surface area contributed by atoms with Crippen LogP contribution in [0.2, 0.25) is 0 Å². The van der Waals surface area contributed by atoms with Gasteiger partial charge in [0.15, 0.2) is 0 Å². The number of benzene rings is 2. The van der Waals surface area contributed by atoms with Gasteiger partial charge in [-0.25, -0.2) is 0 Å². The van der Waals surface area contributed by atoms with Crippen molar-refractivity contribution in [3.8, 4) is 11.5 Å². The van der Waals surface area contributed by atoms with E-state index in [0.29, 0.717) is 11.5 Å². The number of hydrogen-bond donors (Lipinski definition) is 2. The number of aromatic hydroxyl groups is 2. The van der Waals surface area contributed by atoms with Crippen LogP contribution in [0, 0.1) is 13.8 Å². The summed E-state index contributed by atoms with van der Waals surface area (Å²) in [5.41, 5.74) is 7.07. The number of hydrogen-bond acceptors (Lipinski definition) is 2. The monoisotopic (exact) mass is 366 g/mol. The second-order valence-electron chi connectivity index (χ2n) is 9.05. The van der Waals surface area contributed by atoms with E-state index in [1.54, 1.807) is 0 Å². The number of phenols is 2. The topological polar surface area (TPSA) is 40.5 Å². The lowest BCUT2D eigenvalue weighted by molar-refractivity contribution is 0.458. The molecule has 0 bridgehead atoms. The Balaban J connectivity index is 2.28. The van der Waals surface area contributed by atoms with Gasteiger partial charge in [-0.3, -0.25) is 0 Å². The van der Waals surface area contributed by atoms with Crippen LogP contribution in [-0.2, 0) is 5.41 Å². The van der Waals surface area contributed by atoms with Gasteiger partial charge in [-0.15, -0.1) is 0 Å². The van der Waals surface area contributed by atoms with Crippen molar-refractivity contribution in [1.82, 2.24) is 0 Å². The molecule has 0 heterocycles. The average molecular weight is 367 g/mol. The second kappa shape index (κ2) is 7.22. The maximum Gasteiger partial charge on any atom is 0.119 e. The molecule has 0 aromatic heterocycles. The smallest absolute Gasteiger partial charge is 0.119 e. The largest absolute Gasteiger partial charge is 0.508 e. The Labute approximate surface area is 164 Å². The molecule has 0 amide bonds. The molecule has 0 radical (unpaired) electrons. The third-order valence-corrected chi connectivity index (χ3v) is 6.48. The molecule has 1 saturated carbocycles. The zero-order valence-electron chi connectivity index (χ0n) is 17.7. The Morgan fingerprint density at radius 1 is 0.704 bits per heavy atom. The molecule has 2 nitrogen and oxygen atoms in total. The van der Waals surface area contributed by atoms with Crippen molar-refractivity contribution in [3.05, 3.63) is 57.6 Å². The van der Waals surface area contributed by atoms with E-state index in [1.165, 1.54) is 24.0 Å². The SMILES string of the molecule is Cc1cc(O)c(C(C)C)cc1C1(c2cc(C(C)C)c(O)cc2C)CCCC1. The van der Waals surface area contributed by atoms with Crippen molar-refractivity contribution >= 4 is 0 Å². The van der Waals surface area contributed by atoms with Crippen molar-refractivity contribution in [2.45, 2.75) is 84.5 Å². The molecular formula is C25H34O2. The van der Waals surface area contributed by atoms with Crippen molar-refractivity contribution in [3.63, 3.8) is 0 Å². The molecule has 3 rings (SSSR count). The van der Waals surface area contributed by atoms with E-state index >= 15 is 0 Å². The highest BCUT2D eigenvalue weighted by molar-refractivity contribution is 5.55. The van der Waals surface area contributed by atoms with Crippen molar-refractivity contribution in [2.24, 2.45) is 0 Å². The average Bonchev–Trinajstić information content (AvgIpc) is 3.04. The molecule has 0 spiro atoms. The molecule has 0 unspecified atom stereocenters. The van der Waals surface area contributed by atoms with E-state index in [-0.39, 0.29) is 17.3 Å². The van der Waals surface area contributed by atoms with Crippen molar-refractivity contribution < 1.29 is 10.2 Å². The molecule has 27 heavy (non-hydrogen) atoms. The second-order valence-corrected chi connectivity index (χ2v) is 9.05. The van der Waals surface area contributed by atoms with Crippen LogP contribution in [0.5, 0.6) is 11.5 Å². The Morgan fingerprint density at radius 3 is 1.41 bits per heavy atom. The number of phenolic OH excluding ortho intramolecular Hbond substituents is 2. The fraction of sp³-hybridized carbons (Fsp3) is 0.520. The summed E-state index contributed by atoms with van der Waals surface area (Å²) in [6.45, 7) is 12.8. The summed E-state index contributed by atoms with van der Waals surface area (Å²) < 4.78 is 0. The molecule has 0 aliphatic heterocycles. The van der Waals surface area contributed by atoms with Crippen LogP contribution < -0.4 is 0 Å². The van der Waals surface area contributed by atoms with Crippen LogP contribution in [0.4, 0.5) is 0 Å². The predicted octanol–water partition coefficient (Wildman–Crippen LogP) is 6.82. The van der Waals surface area contributed by atoms with Gasteiger partial charge in [-0.1, -0.05) is 52.7 Å². The number of rotatable bonds is 4. The third kappa shape index (κ3) is 3.35. The molecule has 2 N–H and O–H groups in total. The molecule has 0 saturated heterocycles. The highest BCUT2D eigenvalue weighted by atomic mass is 16.3. The maximum atomic E-state index is 10.5. The molecule has 1 aliphatic carbocycles. The Morgan fingerprint density at radius 2 is 1.07 bits per heavy atom. The molecule has 2 heteroatoms. The van der Waals surface area contributed by atoms with Crippen LogP contribution in [0.25, 0.3) is 0 Å². The van der Waals surface area contributed by atoms with E-state index in [1.807, 2.05) is 12.1 Å². The summed E-state index contributed by atoms with van der Waals surface area (Å²) in [6, 6.07) is 8.40. The maximum absolute atomic E-state index is 10.5. The zero-order chi connectivity index (χ0) is 19.9. The Bertz CT molecular complexity index is 774. The van der Waals surface area contributed by atoms with Gasteiger partial charge in [-0.2, -0.15) is 0 Å². The van der Waals surface area contributed by atoms with E-state index in [0.717, 1.165) is 35.1 Å². The number of aryl methyl sites for hydroxylation is 2. The van der Waals surface area contributed by atoms with E-state index in [9.17, 15) is 10.2 Å². The van der Waals surface area contributed by atoms with Crippen LogP contribution in [0.15, 0.2) is 24.3 Å². The lowest BCUT2D eigenvalue weighted by Crippen LogP contribution is -2.26. The highest BCUT2D eigenvalue weighted by Gasteiger charge is 2.40. The van der Waals surface area contributed by atoms with Crippen molar-refractivity contribution in [1.29, 1.82) is 0 Å². The van der Waals surface area contributed by atoms with Crippen LogP contribution in [-0.4, -0.2) is 10.2 Å². The Kier molecular flexibility index (Phi) is 5.29. The molecule has 1 aliphatic rings. The van der Waals surface area contributed by atoms with Gasteiger partial charge < -0.3 is 10.2 Å².